The fraction of sp³-hybridized carbons (Fsp3) is 0.655. The van der Waals surface area contributed by atoms with E-state index in [1.165, 1.54) is 6.92 Å². The topological polar surface area (TPSA) is 214 Å². The summed E-state index contributed by atoms with van der Waals surface area (Å²) in [7, 11) is -5.56. The molecule has 244 valence electrons. The van der Waals surface area contributed by atoms with E-state index in [2.05, 4.69) is 16.0 Å². The van der Waals surface area contributed by atoms with Gasteiger partial charge < -0.3 is 31.5 Å². The van der Waals surface area contributed by atoms with Crippen LogP contribution in [0.1, 0.15) is 73.3 Å². The number of benzene rings is 1. The highest BCUT2D eigenvalue weighted by Crippen LogP contribution is 2.26. The summed E-state index contributed by atoms with van der Waals surface area (Å²) in [4.78, 5) is 48.6. The van der Waals surface area contributed by atoms with Gasteiger partial charge in [0.1, 0.15) is 18.7 Å². The molecule has 0 saturated heterocycles. The van der Waals surface area contributed by atoms with Crippen molar-refractivity contribution in [3.8, 4) is 0 Å². The number of carbonyl (C=O) groups excluding carboxylic acids is 4. The fourth-order valence-corrected chi connectivity index (χ4v) is 5.08. The molecule has 0 fully saturated rings. The predicted molar refractivity (Wildman–Crippen MR) is 161 cm³/mol. The van der Waals surface area contributed by atoms with E-state index in [1.54, 1.807) is 58.0 Å². The summed E-state index contributed by atoms with van der Waals surface area (Å²) in [6.45, 7) is 11.6. The Balaban J connectivity index is 3.37. The highest BCUT2D eigenvalue weighted by molar-refractivity contribution is 7.88. The van der Waals surface area contributed by atoms with Gasteiger partial charge in [0.25, 0.3) is 0 Å². The molecule has 1 aromatic rings. The molecule has 0 aliphatic rings. The van der Waals surface area contributed by atoms with Gasteiger partial charge in [-0.05, 0) is 49.5 Å². The number of amides is 3. The van der Waals surface area contributed by atoms with Crippen molar-refractivity contribution in [3.63, 3.8) is 0 Å². The highest BCUT2D eigenvalue weighted by atomic mass is 32.2. The van der Waals surface area contributed by atoms with Crippen molar-refractivity contribution < 1.29 is 42.0 Å². The van der Waals surface area contributed by atoms with Crippen molar-refractivity contribution in [1.82, 2.24) is 16.0 Å². The summed E-state index contributed by atoms with van der Waals surface area (Å²) in [6, 6.07) is 3.25. The first kappa shape index (κ1) is 38.0. The zero-order valence-electron chi connectivity index (χ0n) is 26.0. The van der Waals surface area contributed by atoms with Crippen LogP contribution in [0.5, 0.6) is 0 Å². The van der Waals surface area contributed by atoms with Crippen LogP contribution < -0.4 is 21.7 Å². The van der Waals surface area contributed by atoms with E-state index in [0.29, 0.717) is 5.56 Å². The molecule has 7 N–H and O–H groups in total. The largest absolute Gasteiger partial charge is 0.458 e. The highest BCUT2D eigenvalue weighted by Gasteiger charge is 2.57. The summed E-state index contributed by atoms with van der Waals surface area (Å²) in [5.41, 5.74) is 6.13. The first-order valence-electron chi connectivity index (χ1n) is 14.4. The van der Waals surface area contributed by atoms with Gasteiger partial charge in [0.05, 0.1) is 12.1 Å². The lowest BCUT2D eigenvalue weighted by molar-refractivity contribution is -0.162. The van der Waals surface area contributed by atoms with Gasteiger partial charge in [0, 0.05) is 0 Å². The van der Waals surface area contributed by atoms with E-state index in [1.807, 2.05) is 13.8 Å². The van der Waals surface area contributed by atoms with Gasteiger partial charge in [-0.25, -0.2) is 4.79 Å². The van der Waals surface area contributed by atoms with Gasteiger partial charge in [-0.2, -0.15) is 8.42 Å². The molecule has 0 aliphatic heterocycles. The minimum Gasteiger partial charge on any atom is -0.458 e. The standard InChI is InChI=1S/C29H48N4O9S/c1-17(2)13-22(31-25(34)20(7)30)26(35)32-23(14-18(3)4)27(36)33-24(15-19(5)6)29(38,43(39,40)41)28(37)42-16-21-11-9-8-10-12-21/h8-12,17-20,22-24,38H,13-16,30H2,1-7H3,(H,31,34)(H,32,35)(H,33,36)(H,39,40,41)/t20-,22-,23-,24?,29?/m0/s1. The molecule has 13 nitrogen and oxygen atoms in total. The molecule has 5 atom stereocenters. The Hall–Kier alpha value is -3.07. The number of hydrogen-bond donors (Lipinski definition) is 6. The molecule has 0 bridgehead atoms. The van der Waals surface area contributed by atoms with Crippen molar-refractivity contribution in [2.45, 2.75) is 103 Å². The average molecular weight is 629 g/mol. The fourth-order valence-electron chi connectivity index (χ4n) is 4.30. The molecule has 2 unspecified atom stereocenters. The van der Waals surface area contributed by atoms with Gasteiger partial charge in [-0.15, -0.1) is 0 Å². The lowest BCUT2D eigenvalue weighted by Crippen LogP contribution is -2.65. The van der Waals surface area contributed by atoms with Crippen LogP contribution in [0.2, 0.25) is 0 Å². The van der Waals surface area contributed by atoms with E-state index in [-0.39, 0.29) is 37.0 Å². The summed E-state index contributed by atoms with van der Waals surface area (Å²) in [6.07, 6.45) is 0.0711. The van der Waals surface area contributed by atoms with Crippen LogP contribution in [0.15, 0.2) is 30.3 Å². The van der Waals surface area contributed by atoms with Crippen LogP contribution >= 0.6 is 0 Å². The minimum absolute atomic E-state index is 0.0106. The van der Waals surface area contributed by atoms with Crippen molar-refractivity contribution in [1.29, 1.82) is 0 Å². The Kier molecular flexibility index (Phi) is 14.7. The molecule has 0 aromatic heterocycles. The van der Waals surface area contributed by atoms with Crippen LogP contribution in [0.4, 0.5) is 0 Å². The van der Waals surface area contributed by atoms with E-state index in [0.717, 1.165) is 0 Å². The molecule has 0 saturated carbocycles. The lowest BCUT2D eigenvalue weighted by atomic mass is 9.96. The van der Waals surface area contributed by atoms with Gasteiger partial charge in [0.2, 0.25) is 17.7 Å². The summed E-state index contributed by atoms with van der Waals surface area (Å²) in [5.74, 6) is -4.34. The predicted octanol–water partition coefficient (Wildman–Crippen LogP) is 1.25. The Labute approximate surface area is 254 Å². The number of aliphatic hydroxyl groups is 1. The van der Waals surface area contributed by atoms with Gasteiger partial charge >= 0.3 is 21.0 Å². The van der Waals surface area contributed by atoms with Crippen LogP contribution in [0.25, 0.3) is 0 Å². The smallest absolute Gasteiger partial charge is 0.359 e. The van der Waals surface area contributed by atoms with E-state index < -0.39 is 69.5 Å². The molecule has 0 aliphatic carbocycles. The van der Waals surface area contributed by atoms with Gasteiger partial charge in [-0.1, -0.05) is 71.9 Å². The monoisotopic (exact) mass is 628 g/mol. The Morgan fingerprint density at radius 3 is 1.65 bits per heavy atom. The number of hydrogen-bond acceptors (Lipinski definition) is 9. The van der Waals surface area contributed by atoms with Crippen molar-refractivity contribution in [2.75, 3.05) is 0 Å². The second-order valence-electron chi connectivity index (χ2n) is 12.1. The zero-order chi connectivity index (χ0) is 33.1. The third kappa shape index (κ3) is 11.9. The van der Waals surface area contributed by atoms with E-state index in [9.17, 15) is 37.3 Å². The zero-order valence-corrected chi connectivity index (χ0v) is 26.8. The molecular weight excluding hydrogens is 580 g/mol. The number of rotatable bonds is 17. The van der Waals surface area contributed by atoms with E-state index >= 15 is 0 Å². The third-order valence-electron chi connectivity index (χ3n) is 6.49. The molecule has 43 heavy (non-hydrogen) atoms. The Morgan fingerprint density at radius 2 is 1.23 bits per heavy atom. The van der Waals surface area contributed by atoms with E-state index in [4.69, 9.17) is 10.5 Å². The summed E-state index contributed by atoms with van der Waals surface area (Å²) >= 11 is 0. The normalized spacial score (nSPS) is 16.1. The van der Waals surface area contributed by atoms with Crippen LogP contribution in [-0.2, 0) is 40.6 Å². The van der Waals surface area contributed by atoms with Crippen molar-refractivity contribution in [2.24, 2.45) is 23.5 Å². The van der Waals surface area contributed by atoms with Crippen LogP contribution in [0, 0.1) is 17.8 Å². The lowest BCUT2D eigenvalue weighted by Gasteiger charge is -2.34. The first-order valence-corrected chi connectivity index (χ1v) is 15.8. The number of ether oxygens (including phenoxy) is 1. The van der Waals surface area contributed by atoms with Crippen LogP contribution in [-0.4, -0.2) is 70.9 Å². The first-order chi connectivity index (χ1) is 19.8. The van der Waals surface area contributed by atoms with Gasteiger partial charge in [-0.3, -0.25) is 18.9 Å². The van der Waals surface area contributed by atoms with Gasteiger partial charge in [0.15, 0.2) is 0 Å². The number of carbonyl (C=O) groups is 4. The molecule has 3 amide bonds. The number of nitrogens with two attached hydrogens (primary N) is 1. The maximum atomic E-state index is 13.6. The third-order valence-corrected chi connectivity index (χ3v) is 7.73. The Morgan fingerprint density at radius 1 is 0.791 bits per heavy atom. The molecule has 0 spiro atoms. The second kappa shape index (κ2) is 16.7. The molecule has 0 radical (unpaired) electrons. The van der Waals surface area contributed by atoms with Crippen molar-refractivity contribution in [3.05, 3.63) is 35.9 Å². The average Bonchev–Trinajstić information content (AvgIpc) is 2.88. The van der Waals surface area contributed by atoms with Crippen molar-refractivity contribution >= 4 is 33.8 Å². The molecular formula is C29H48N4O9S. The molecule has 0 heterocycles. The quantitative estimate of drug-likeness (QED) is 0.107. The molecule has 1 aromatic carbocycles. The number of esters is 1. The maximum Gasteiger partial charge on any atom is 0.359 e. The summed E-state index contributed by atoms with van der Waals surface area (Å²) in [5, 5.41) is 18.8. The number of nitrogens with one attached hydrogen (secondary N) is 3. The second-order valence-corrected chi connectivity index (χ2v) is 13.7. The molecule has 1 rings (SSSR count). The minimum atomic E-state index is -5.56. The summed E-state index contributed by atoms with van der Waals surface area (Å²) < 4.78 is 40.2. The molecule has 14 heteroatoms. The Bertz CT molecular complexity index is 1190. The maximum absolute atomic E-state index is 13.6. The van der Waals surface area contributed by atoms with Crippen LogP contribution in [0.3, 0.4) is 0 Å². The SMILES string of the molecule is CC(C)CC(NC(=O)[C@H](CC(C)C)NC(=O)[C@H](CC(C)C)NC(=O)[C@H](C)N)C(O)(C(=O)OCc1ccccc1)S(=O)(=O)O.